The SMILES string of the molecule is O=C(Nc1ccc(N2C3CCC2CC3)cc1C(F)(F)F)c1cc(=O)c2c(C(F)(F)F)cccc2[nH]1. The monoisotopic (exact) mass is 495 g/mol. The van der Waals surface area contributed by atoms with E-state index in [2.05, 4.69) is 10.3 Å². The standard InChI is InChI=1S/C24H19F6N3O2/c25-23(26,27)15-2-1-3-18-21(15)20(34)11-19(31-18)22(35)32-17-9-8-14(10-16(17)24(28,29)30)33-12-4-5-13(33)7-6-12/h1-3,8-13H,4-7H2,(H,31,34)(H,32,35). The number of rotatable bonds is 3. The predicted molar refractivity (Wildman–Crippen MR) is 117 cm³/mol. The minimum absolute atomic E-state index is 0.200. The van der Waals surface area contributed by atoms with Crippen molar-refractivity contribution in [1.82, 2.24) is 4.98 Å². The molecule has 5 nitrogen and oxygen atoms in total. The molecule has 2 aromatic carbocycles. The van der Waals surface area contributed by atoms with Gasteiger partial charge in [0.1, 0.15) is 5.69 Å². The largest absolute Gasteiger partial charge is 0.418 e. The van der Waals surface area contributed by atoms with Crippen molar-refractivity contribution in [3.63, 3.8) is 0 Å². The number of carbonyl (C=O) groups is 1. The normalized spacial score (nSPS) is 20.0. The molecule has 0 aliphatic carbocycles. The topological polar surface area (TPSA) is 65.2 Å². The number of halogens is 6. The Bertz CT molecular complexity index is 1360. The second-order valence-corrected chi connectivity index (χ2v) is 8.82. The van der Waals surface area contributed by atoms with E-state index >= 15 is 0 Å². The maximum Gasteiger partial charge on any atom is 0.418 e. The lowest BCUT2D eigenvalue weighted by molar-refractivity contribution is -0.137. The van der Waals surface area contributed by atoms with Crippen molar-refractivity contribution in [2.24, 2.45) is 0 Å². The van der Waals surface area contributed by atoms with Gasteiger partial charge in [0.05, 0.1) is 27.7 Å². The Morgan fingerprint density at radius 3 is 2.11 bits per heavy atom. The fourth-order valence-corrected chi connectivity index (χ4v) is 5.23. The lowest BCUT2D eigenvalue weighted by Crippen LogP contribution is -2.28. The molecular formula is C24H19F6N3O2. The molecule has 0 radical (unpaired) electrons. The molecular weight excluding hydrogens is 476 g/mol. The van der Waals surface area contributed by atoms with Crippen LogP contribution in [0.1, 0.15) is 47.3 Å². The zero-order valence-electron chi connectivity index (χ0n) is 18.1. The van der Waals surface area contributed by atoms with E-state index in [1.54, 1.807) is 0 Å². The molecule has 2 bridgehead atoms. The first-order valence-corrected chi connectivity index (χ1v) is 11.0. The van der Waals surface area contributed by atoms with E-state index in [-0.39, 0.29) is 17.6 Å². The summed E-state index contributed by atoms with van der Waals surface area (Å²) in [6.07, 6.45) is -5.86. The minimum Gasteiger partial charge on any atom is -0.366 e. The average Bonchev–Trinajstić information content (AvgIpc) is 3.38. The number of pyridine rings is 1. The number of anilines is 2. The van der Waals surface area contributed by atoms with Crippen molar-refractivity contribution >= 4 is 28.2 Å². The second-order valence-electron chi connectivity index (χ2n) is 8.82. The highest BCUT2D eigenvalue weighted by Crippen LogP contribution is 2.44. The summed E-state index contributed by atoms with van der Waals surface area (Å²) in [7, 11) is 0. The van der Waals surface area contributed by atoms with Gasteiger partial charge in [-0.2, -0.15) is 26.3 Å². The molecule has 0 spiro atoms. The second kappa shape index (κ2) is 8.03. The molecule has 5 rings (SSSR count). The zero-order chi connectivity index (χ0) is 25.1. The van der Waals surface area contributed by atoms with E-state index in [1.165, 1.54) is 12.1 Å². The van der Waals surface area contributed by atoms with Crippen LogP contribution in [0.5, 0.6) is 0 Å². The van der Waals surface area contributed by atoms with Gasteiger partial charge in [0.15, 0.2) is 5.43 Å². The first-order chi connectivity index (χ1) is 16.4. The van der Waals surface area contributed by atoms with Crippen LogP contribution < -0.4 is 15.6 Å². The lowest BCUT2D eigenvalue weighted by atomic mass is 10.0. The zero-order valence-corrected chi connectivity index (χ0v) is 18.1. The molecule has 2 N–H and O–H groups in total. The van der Waals surface area contributed by atoms with Crippen molar-refractivity contribution in [1.29, 1.82) is 0 Å². The van der Waals surface area contributed by atoms with Crippen LogP contribution in [-0.4, -0.2) is 23.0 Å². The quantitative estimate of drug-likeness (QED) is 0.442. The van der Waals surface area contributed by atoms with Crippen LogP contribution in [-0.2, 0) is 12.4 Å². The summed E-state index contributed by atoms with van der Waals surface area (Å²) >= 11 is 0. The first kappa shape index (κ1) is 23.3. The number of carbonyl (C=O) groups excluding carboxylic acids is 1. The minimum atomic E-state index is -4.80. The molecule has 1 aromatic heterocycles. The number of alkyl halides is 6. The average molecular weight is 495 g/mol. The molecule has 184 valence electrons. The van der Waals surface area contributed by atoms with Gasteiger partial charge in [-0.3, -0.25) is 9.59 Å². The van der Waals surface area contributed by atoms with Crippen molar-refractivity contribution in [3.05, 3.63) is 69.5 Å². The van der Waals surface area contributed by atoms with Gasteiger partial charge in [-0.1, -0.05) is 6.07 Å². The maximum absolute atomic E-state index is 13.9. The Balaban J connectivity index is 1.49. The number of hydrogen-bond donors (Lipinski definition) is 2. The Kier molecular flexibility index (Phi) is 5.33. The Hall–Kier alpha value is -3.50. The number of amides is 1. The highest BCUT2D eigenvalue weighted by Gasteiger charge is 2.41. The van der Waals surface area contributed by atoms with Gasteiger partial charge in [0.2, 0.25) is 0 Å². The number of nitrogens with one attached hydrogen (secondary N) is 2. The first-order valence-electron chi connectivity index (χ1n) is 11.0. The third kappa shape index (κ3) is 4.12. The molecule has 2 aliphatic heterocycles. The van der Waals surface area contributed by atoms with Crippen LogP contribution in [0, 0.1) is 0 Å². The van der Waals surface area contributed by atoms with Gasteiger partial charge in [-0.25, -0.2) is 0 Å². The molecule has 1 amide bonds. The molecule has 11 heteroatoms. The van der Waals surface area contributed by atoms with Crippen LogP contribution in [0.3, 0.4) is 0 Å². The third-order valence-electron chi connectivity index (χ3n) is 6.71. The molecule has 35 heavy (non-hydrogen) atoms. The van der Waals surface area contributed by atoms with E-state index in [4.69, 9.17) is 0 Å². The van der Waals surface area contributed by atoms with Crippen LogP contribution in [0.2, 0.25) is 0 Å². The number of nitrogens with zero attached hydrogens (tertiary/aromatic N) is 1. The third-order valence-corrected chi connectivity index (χ3v) is 6.71. The highest BCUT2D eigenvalue weighted by molar-refractivity contribution is 6.04. The van der Waals surface area contributed by atoms with E-state index in [0.717, 1.165) is 49.9 Å². The van der Waals surface area contributed by atoms with Gasteiger partial charge in [0, 0.05) is 23.8 Å². The number of H-pyrrole nitrogens is 1. The van der Waals surface area contributed by atoms with Crippen LogP contribution >= 0.6 is 0 Å². The molecule has 2 saturated heterocycles. The summed E-state index contributed by atoms with van der Waals surface area (Å²) in [5.74, 6) is -1.08. The van der Waals surface area contributed by atoms with E-state index in [1.807, 2.05) is 4.90 Å². The van der Waals surface area contributed by atoms with Gasteiger partial charge in [-0.15, -0.1) is 0 Å². The van der Waals surface area contributed by atoms with Crippen molar-refractivity contribution in [3.8, 4) is 0 Å². The van der Waals surface area contributed by atoms with E-state index in [9.17, 15) is 35.9 Å². The number of aromatic amines is 1. The predicted octanol–water partition coefficient (Wildman–Crippen LogP) is 5.95. The summed E-state index contributed by atoms with van der Waals surface area (Å²) in [5.41, 5.74) is -4.09. The van der Waals surface area contributed by atoms with Crippen molar-refractivity contribution < 1.29 is 31.1 Å². The van der Waals surface area contributed by atoms with Gasteiger partial charge in [0.25, 0.3) is 5.91 Å². The molecule has 3 aromatic rings. The van der Waals surface area contributed by atoms with E-state index in [0.29, 0.717) is 11.8 Å². The lowest BCUT2D eigenvalue weighted by Gasteiger charge is -2.26. The Morgan fingerprint density at radius 2 is 1.51 bits per heavy atom. The number of aromatic nitrogens is 1. The van der Waals surface area contributed by atoms with Crippen LogP contribution in [0.25, 0.3) is 10.9 Å². The molecule has 2 aliphatic rings. The molecule has 0 atom stereocenters. The molecule has 3 heterocycles. The molecule has 2 fully saturated rings. The number of hydrogen-bond acceptors (Lipinski definition) is 3. The van der Waals surface area contributed by atoms with Gasteiger partial charge >= 0.3 is 12.4 Å². The summed E-state index contributed by atoms with van der Waals surface area (Å²) < 4.78 is 81.4. The van der Waals surface area contributed by atoms with Crippen molar-refractivity contribution in [2.75, 3.05) is 10.2 Å². The fourth-order valence-electron chi connectivity index (χ4n) is 5.23. The molecule has 0 saturated carbocycles. The van der Waals surface area contributed by atoms with Crippen LogP contribution in [0.4, 0.5) is 37.7 Å². The summed E-state index contributed by atoms with van der Waals surface area (Å²) in [6.45, 7) is 0. The van der Waals surface area contributed by atoms with Crippen LogP contribution in [0.15, 0.2) is 47.3 Å². The summed E-state index contributed by atoms with van der Waals surface area (Å²) in [5, 5.41) is 1.50. The summed E-state index contributed by atoms with van der Waals surface area (Å²) in [6, 6.07) is 7.71. The van der Waals surface area contributed by atoms with Crippen molar-refractivity contribution in [2.45, 2.75) is 50.1 Å². The summed E-state index contributed by atoms with van der Waals surface area (Å²) in [4.78, 5) is 29.6. The van der Waals surface area contributed by atoms with Gasteiger partial charge < -0.3 is 15.2 Å². The highest BCUT2D eigenvalue weighted by atomic mass is 19.4. The number of benzene rings is 2. The fraction of sp³-hybridized carbons (Fsp3) is 0.333. The Labute approximate surface area is 194 Å². The van der Waals surface area contributed by atoms with Gasteiger partial charge in [-0.05, 0) is 56.0 Å². The Morgan fingerprint density at radius 1 is 0.886 bits per heavy atom. The van der Waals surface area contributed by atoms with E-state index < -0.39 is 51.6 Å². The number of fused-ring (bicyclic) bond motifs is 3. The maximum atomic E-state index is 13.9. The smallest absolute Gasteiger partial charge is 0.366 e. The molecule has 0 unspecified atom stereocenters.